The largest absolute Gasteiger partial charge is 0.508 e. The Morgan fingerprint density at radius 1 is 1.40 bits per heavy atom. The molecule has 2 N–H and O–H groups in total. The van der Waals surface area contributed by atoms with Crippen LogP contribution in [0.4, 0.5) is 0 Å². The van der Waals surface area contributed by atoms with Crippen LogP contribution in [-0.2, 0) is 4.79 Å². The maximum Gasteiger partial charge on any atom is 0.330 e. The normalized spacial score (nSPS) is 11.6. The van der Waals surface area contributed by atoms with Gasteiger partial charge in [0.2, 0.25) is 5.16 Å². The molecule has 8 heteroatoms. The van der Waals surface area contributed by atoms with E-state index >= 15 is 0 Å². The van der Waals surface area contributed by atoms with Crippen LogP contribution in [0.25, 0.3) is 5.69 Å². The topological polar surface area (TPSA) is 101 Å². The first kappa shape index (κ1) is 14.1. The SMILES string of the molecule is CC(=CCSc1nnnn1-c1ccc(O)cc1)C(=O)O. The molecule has 0 spiro atoms. The van der Waals surface area contributed by atoms with Crippen LogP contribution < -0.4 is 0 Å². The summed E-state index contributed by atoms with van der Waals surface area (Å²) in [7, 11) is 0. The number of carboxylic acids is 1. The average Bonchev–Trinajstić information content (AvgIpc) is 2.88. The van der Waals surface area contributed by atoms with Gasteiger partial charge < -0.3 is 10.2 Å². The maximum absolute atomic E-state index is 10.7. The molecule has 0 aliphatic heterocycles. The van der Waals surface area contributed by atoms with Gasteiger partial charge in [0, 0.05) is 11.3 Å². The molecule has 104 valence electrons. The first-order valence-corrected chi connectivity index (χ1v) is 6.67. The molecule has 0 atom stereocenters. The molecule has 2 rings (SSSR count). The zero-order valence-electron chi connectivity index (χ0n) is 10.6. The van der Waals surface area contributed by atoms with Crippen LogP contribution in [0.1, 0.15) is 6.92 Å². The highest BCUT2D eigenvalue weighted by Crippen LogP contribution is 2.20. The highest BCUT2D eigenvalue weighted by atomic mass is 32.2. The fourth-order valence-electron chi connectivity index (χ4n) is 1.35. The molecule has 0 unspecified atom stereocenters. The van der Waals surface area contributed by atoms with E-state index in [1.54, 1.807) is 30.3 Å². The first-order chi connectivity index (χ1) is 9.58. The van der Waals surface area contributed by atoms with Gasteiger partial charge in [-0.05, 0) is 41.6 Å². The van der Waals surface area contributed by atoms with E-state index in [0.29, 0.717) is 16.6 Å². The molecule has 0 fully saturated rings. The maximum atomic E-state index is 10.7. The van der Waals surface area contributed by atoms with Crippen LogP contribution in [0.5, 0.6) is 5.75 Å². The van der Waals surface area contributed by atoms with Crippen LogP contribution in [0.3, 0.4) is 0 Å². The summed E-state index contributed by atoms with van der Waals surface area (Å²) in [5.41, 5.74) is 0.996. The van der Waals surface area contributed by atoms with Crippen molar-refractivity contribution >= 4 is 17.7 Å². The van der Waals surface area contributed by atoms with Crippen molar-refractivity contribution in [2.75, 3.05) is 5.75 Å². The molecule has 2 aromatic rings. The molecule has 7 nitrogen and oxygen atoms in total. The number of nitrogens with zero attached hydrogens (tertiary/aromatic N) is 4. The van der Waals surface area contributed by atoms with E-state index in [2.05, 4.69) is 15.5 Å². The van der Waals surface area contributed by atoms with Gasteiger partial charge in [0.25, 0.3) is 0 Å². The van der Waals surface area contributed by atoms with Gasteiger partial charge in [-0.1, -0.05) is 17.8 Å². The fraction of sp³-hybridized carbons (Fsp3) is 0.167. The molecular weight excluding hydrogens is 280 g/mol. The van der Waals surface area contributed by atoms with Crippen molar-refractivity contribution in [3.8, 4) is 11.4 Å². The average molecular weight is 292 g/mol. The van der Waals surface area contributed by atoms with Gasteiger partial charge in [0.05, 0.1) is 5.69 Å². The molecule has 0 bridgehead atoms. The Balaban J connectivity index is 2.11. The van der Waals surface area contributed by atoms with E-state index in [1.807, 2.05) is 0 Å². The highest BCUT2D eigenvalue weighted by molar-refractivity contribution is 7.99. The van der Waals surface area contributed by atoms with E-state index in [0.717, 1.165) is 0 Å². The number of benzene rings is 1. The van der Waals surface area contributed by atoms with Crippen LogP contribution >= 0.6 is 11.8 Å². The Labute approximate surface area is 118 Å². The number of aromatic hydroxyl groups is 1. The first-order valence-electron chi connectivity index (χ1n) is 5.68. The molecule has 1 heterocycles. The van der Waals surface area contributed by atoms with Crippen LogP contribution in [-0.4, -0.2) is 42.1 Å². The second-order valence-corrected chi connectivity index (χ2v) is 4.88. The predicted molar refractivity (Wildman–Crippen MR) is 72.9 cm³/mol. The van der Waals surface area contributed by atoms with Crippen molar-refractivity contribution in [2.45, 2.75) is 12.1 Å². The van der Waals surface area contributed by atoms with Gasteiger partial charge in [-0.15, -0.1) is 5.10 Å². The number of thioether (sulfide) groups is 1. The summed E-state index contributed by atoms with van der Waals surface area (Å²) in [5.74, 6) is -0.323. The smallest absolute Gasteiger partial charge is 0.330 e. The van der Waals surface area contributed by atoms with Gasteiger partial charge in [-0.3, -0.25) is 0 Å². The molecule has 0 radical (unpaired) electrons. The molecule has 0 aliphatic carbocycles. The van der Waals surface area contributed by atoms with Gasteiger partial charge >= 0.3 is 5.97 Å². The van der Waals surface area contributed by atoms with Gasteiger partial charge in [-0.2, -0.15) is 4.68 Å². The third-order valence-electron chi connectivity index (χ3n) is 2.47. The monoisotopic (exact) mass is 292 g/mol. The number of hydrogen-bond donors (Lipinski definition) is 2. The van der Waals surface area contributed by atoms with E-state index in [4.69, 9.17) is 5.11 Å². The lowest BCUT2D eigenvalue weighted by Gasteiger charge is -2.03. The van der Waals surface area contributed by atoms with Crippen molar-refractivity contribution < 1.29 is 15.0 Å². The number of aliphatic carboxylic acids is 1. The van der Waals surface area contributed by atoms with Crippen molar-refractivity contribution in [3.63, 3.8) is 0 Å². The summed E-state index contributed by atoms with van der Waals surface area (Å²) in [6.07, 6.45) is 1.60. The summed E-state index contributed by atoms with van der Waals surface area (Å²) >= 11 is 1.32. The zero-order chi connectivity index (χ0) is 14.5. The van der Waals surface area contributed by atoms with Gasteiger partial charge in [0.15, 0.2) is 0 Å². The lowest BCUT2D eigenvalue weighted by Crippen LogP contribution is -1.99. The summed E-state index contributed by atoms with van der Waals surface area (Å²) in [6, 6.07) is 6.46. The van der Waals surface area contributed by atoms with Crippen LogP contribution in [0, 0.1) is 0 Å². The second-order valence-electron chi connectivity index (χ2n) is 3.89. The zero-order valence-corrected chi connectivity index (χ0v) is 11.4. The Bertz CT molecular complexity index is 636. The number of hydrogen-bond acceptors (Lipinski definition) is 6. The number of carbonyl (C=O) groups is 1. The molecule has 20 heavy (non-hydrogen) atoms. The van der Waals surface area contributed by atoms with Crippen molar-refractivity contribution in [3.05, 3.63) is 35.9 Å². The number of phenolic OH excluding ortho intramolecular Hbond substituents is 1. The molecule has 0 saturated carbocycles. The summed E-state index contributed by atoms with van der Waals surface area (Å²) < 4.78 is 1.52. The highest BCUT2D eigenvalue weighted by Gasteiger charge is 2.08. The quantitative estimate of drug-likeness (QED) is 0.636. The third-order valence-corrected chi connectivity index (χ3v) is 3.32. The number of rotatable bonds is 5. The Hall–Kier alpha value is -2.35. The molecule has 0 aliphatic rings. The lowest BCUT2D eigenvalue weighted by molar-refractivity contribution is -0.132. The van der Waals surface area contributed by atoms with Crippen molar-refractivity contribution in [2.24, 2.45) is 0 Å². The van der Waals surface area contributed by atoms with E-state index in [9.17, 15) is 9.90 Å². The minimum atomic E-state index is -0.941. The number of carboxylic acid groups (broad SMARTS) is 1. The second kappa shape index (κ2) is 6.20. The Morgan fingerprint density at radius 2 is 2.10 bits per heavy atom. The number of phenols is 1. The Kier molecular flexibility index (Phi) is 4.36. The minimum absolute atomic E-state index is 0.163. The van der Waals surface area contributed by atoms with E-state index in [-0.39, 0.29) is 11.3 Å². The summed E-state index contributed by atoms with van der Waals surface area (Å²) in [5, 5.41) is 29.9. The lowest BCUT2D eigenvalue weighted by atomic mass is 10.3. The van der Waals surface area contributed by atoms with Gasteiger partial charge in [-0.25, -0.2) is 4.79 Å². The fourth-order valence-corrected chi connectivity index (χ4v) is 2.19. The molecular formula is C12H12N4O3S. The molecule has 0 saturated heterocycles. The van der Waals surface area contributed by atoms with Gasteiger partial charge in [0.1, 0.15) is 5.75 Å². The third kappa shape index (κ3) is 3.35. The van der Waals surface area contributed by atoms with Crippen LogP contribution in [0.2, 0.25) is 0 Å². The van der Waals surface area contributed by atoms with Crippen molar-refractivity contribution in [1.82, 2.24) is 20.2 Å². The Morgan fingerprint density at radius 3 is 2.75 bits per heavy atom. The molecule has 0 amide bonds. The van der Waals surface area contributed by atoms with E-state index < -0.39 is 5.97 Å². The van der Waals surface area contributed by atoms with Crippen molar-refractivity contribution in [1.29, 1.82) is 0 Å². The summed E-state index contributed by atoms with van der Waals surface area (Å²) in [6.45, 7) is 1.53. The standard InChI is InChI=1S/C12H12N4O3S/c1-8(11(18)19)6-7-20-12-13-14-15-16(12)9-2-4-10(17)5-3-9/h2-6,17H,7H2,1H3,(H,18,19). The predicted octanol–water partition coefficient (Wildman–Crippen LogP) is 1.49. The van der Waals surface area contributed by atoms with E-state index in [1.165, 1.54) is 23.4 Å². The molecule has 1 aromatic carbocycles. The number of tetrazole rings is 1. The van der Waals surface area contributed by atoms with Crippen LogP contribution in [0.15, 0.2) is 41.1 Å². The number of aromatic nitrogens is 4. The summed E-state index contributed by atoms with van der Waals surface area (Å²) in [4.78, 5) is 10.7. The minimum Gasteiger partial charge on any atom is -0.508 e. The molecule has 1 aromatic heterocycles.